The summed E-state index contributed by atoms with van der Waals surface area (Å²) in [6.45, 7) is 11.0. The minimum absolute atomic E-state index is 0.113. The van der Waals surface area contributed by atoms with Crippen molar-refractivity contribution in [3.05, 3.63) is 28.1 Å². The second kappa shape index (κ2) is 8.86. The van der Waals surface area contributed by atoms with E-state index in [1.165, 1.54) is 24.8 Å². The topological polar surface area (TPSA) is 49.9 Å². The number of nitrogens with one attached hydrogen (secondary N) is 2. The van der Waals surface area contributed by atoms with Crippen molar-refractivity contribution in [2.45, 2.75) is 97.4 Å². The molecule has 6 rings (SSSR count). The molecule has 5 aliphatic rings. The first-order valence-electron chi connectivity index (χ1n) is 14.2. The van der Waals surface area contributed by atoms with Crippen LogP contribution < -0.4 is 5.32 Å². The molecule has 0 amide bonds. The summed E-state index contributed by atoms with van der Waals surface area (Å²) in [6, 6.07) is 0.416. The molecule has 2 N–H and O–H groups in total. The number of fused-ring (bicyclic) bond motifs is 7. The summed E-state index contributed by atoms with van der Waals surface area (Å²) in [6.07, 6.45) is 3.89. The average Bonchev–Trinajstić information content (AvgIpc) is 3.40. The molecule has 36 heavy (non-hydrogen) atoms. The SMILES string of the molecule is CC1=C2CC3C(CCC4Cc5[nH]nc(C(F)(F)F)c5CC43C)C2CCC(C)C2NCC(C)CC2OC1. The van der Waals surface area contributed by atoms with Crippen LogP contribution >= 0.6 is 0 Å². The van der Waals surface area contributed by atoms with Crippen molar-refractivity contribution >= 4 is 0 Å². The highest BCUT2D eigenvalue weighted by Gasteiger charge is 2.57. The first-order valence-corrected chi connectivity index (χ1v) is 14.2. The molecule has 200 valence electrons. The van der Waals surface area contributed by atoms with Gasteiger partial charge in [-0.05, 0) is 111 Å². The third-order valence-corrected chi connectivity index (χ3v) is 11.1. The molecule has 3 fully saturated rings. The Hall–Kier alpha value is -1.34. The van der Waals surface area contributed by atoms with Crippen LogP contribution in [0.2, 0.25) is 0 Å². The van der Waals surface area contributed by atoms with E-state index in [0.717, 1.165) is 31.5 Å². The molecule has 2 aliphatic heterocycles. The summed E-state index contributed by atoms with van der Waals surface area (Å²) in [5.74, 6) is 3.17. The van der Waals surface area contributed by atoms with Crippen LogP contribution in [0.15, 0.2) is 11.1 Å². The third-order valence-electron chi connectivity index (χ3n) is 11.1. The molecule has 3 heterocycles. The van der Waals surface area contributed by atoms with Gasteiger partial charge in [-0.3, -0.25) is 5.10 Å². The maximum absolute atomic E-state index is 13.8. The van der Waals surface area contributed by atoms with E-state index < -0.39 is 11.9 Å². The molecule has 0 spiro atoms. The molecule has 7 heteroatoms. The summed E-state index contributed by atoms with van der Waals surface area (Å²) in [5, 5.41) is 10.3. The lowest BCUT2D eigenvalue weighted by molar-refractivity contribution is -0.142. The number of hydrogen-bond donors (Lipinski definition) is 2. The third kappa shape index (κ3) is 3.98. The Balaban J connectivity index is 1.31. The van der Waals surface area contributed by atoms with Gasteiger partial charge in [0.15, 0.2) is 5.69 Å². The zero-order valence-corrected chi connectivity index (χ0v) is 22.2. The number of aromatic nitrogens is 2. The normalized spacial score (nSPS) is 43.2. The molecule has 1 aromatic rings. The van der Waals surface area contributed by atoms with Crippen molar-refractivity contribution in [2.24, 2.45) is 40.9 Å². The van der Waals surface area contributed by atoms with Crippen LogP contribution in [0.1, 0.15) is 83.2 Å². The van der Waals surface area contributed by atoms with Crippen LogP contribution in [0, 0.1) is 40.9 Å². The highest BCUT2D eigenvalue weighted by Crippen LogP contribution is 2.63. The van der Waals surface area contributed by atoms with Gasteiger partial charge in [0.1, 0.15) is 0 Å². The molecule has 9 unspecified atom stereocenters. The predicted octanol–water partition coefficient (Wildman–Crippen LogP) is 6.33. The van der Waals surface area contributed by atoms with Gasteiger partial charge < -0.3 is 10.1 Å². The van der Waals surface area contributed by atoms with Crippen molar-refractivity contribution in [3.63, 3.8) is 0 Å². The number of alkyl halides is 3. The van der Waals surface area contributed by atoms with Gasteiger partial charge in [-0.2, -0.15) is 18.3 Å². The summed E-state index contributed by atoms with van der Waals surface area (Å²) in [4.78, 5) is 0. The van der Waals surface area contributed by atoms with Crippen molar-refractivity contribution in [2.75, 3.05) is 13.2 Å². The molecule has 0 radical (unpaired) electrons. The molecule has 1 aromatic heterocycles. The van der Waals surface area contributed by atoms with Crippen LogP contribution in [0.4, 0.5) is 13.2 Å². The lowest BCUT2D eigenvalue weighted by Crippen LogP contribution is -2.52. The van der Waals surface area contributed by atoms with Gasteiger partial charge in [0.25, 0.3) is 0 Å². The monoisotopic (exact) mass is 505 g/mol. The molecule has 0 bridgehead atoms. The van der Waals surface area contributed by atoms with Crippen LogP contribution in [-0.4, -0.2) is 35.5 Å². The fourth-order valence-electron chi connectivity index (χ4n) is 9.12. The summed E-state index contributed by atoms with van der Waals surface area (Å²) in [5.41, 5.74) is 3.32. The summed E-state index contributed by atoms with van der Waals surface area (Å²) < 4.78 is 47.9. The maximum atomic E-state index is 13.8. The number of allylic oxidation sites excluding steroid dienone is 1. The van der Waals surface area contributed by atoms with Gasteiger partial charge in [-0.25, -0.2) is 0 Å². The van der Waals surface area contributed by atoms with Gasteiger partial charge >= 0.3 is 6.18 Å². The molecule has 0 aromatic carbocycles. The first kappa shape index (κ1) is 25.0. The highest BCUT2D eigenvalue weighted by molar-refractivity contribution is 5.35. The molecular weight excluding hydrogens is 463 g/mol. The van der Waals surface area contributed by atoms with Crippen LogP contribution in [0.5, 0.6) is 0 Å². The van der Waals surface area contributed by atoms with Gasteiger partial charge in [-0.1, -0.05) is 26.3 Å². The Bertz CT molecular complexity index is 1030. The van der Waals surface area contributed by atoms with E-state index in [2.05, 4.69) is 43.2 Å². The highest BCUT2D eigenvalue weighted by atomic mass is 19.4. The van der Waals surface area contributed by atoms with Crippen LogP contribution in [0.3, 0.4) is 0 Å². The second-order valence-corrected chi connectivity index (χ2v) is 13.3. The van der Waals surface area contributed by atoms with E-state index in [4.69, 9.17) is 4.74 Å². The predicted molar refractivity (Wildman–Crippen MR) is 133 cm³/mol. The minimum Gasteiger partial charge on any atom is -0.372 e. The van der Waals surface area contributed by atoms with Crippen molar-refractivity contribution in [1.82, 2.24) is 15.5 Å². The van der Waals surface area contributed by atoms with Gasteiger partial charge in [0.2, 0.25) is 0 Å². The van der Waals surface area contributed by atoms with Gasteiger partial charge in [0.05, 0.1) is 12.7 Å². The maximum Gasteiger partial charge on any atom is 0.435 e. The molecule has 4 nitrogen and oxygen atoms in total. The number of nitrogens with zero attached hydrogens (tertiary/aromatic N) is 1. The van der Waals surface area contributed by atoms with Gasteiger partial charge in [0, 0.05) is 17.3 Å². The summed E-state index contributed by atoms with van der Waals surface area (Å²) in [7, 11) is 0. The van der Waals surface area contributed by atoms with Gasteiger partial charge in [-0.15, -0.1) is 0 Å². The Labute approximate surface area is 213 Å². The van der Waals surface area contributed by atoms with E-state index in [9.17, 15) is 13.2 Å². The Morgan fingerprint density at radius 1 is 1.08 bits per heavy atom. The number of hydrogen-bond acceptors (Lipinski definition) is 3. The van der Waals surface area contributed by atoms with E-state index in [1.807, 2.05) is 0 Å². The van der Waals surface area contributed by atoms with E-state index >= 15 is 0 Å². The number of aromatic amines is 1. The van der Waals surface area contributed by atoms with E-state index in [-0.39, 0.29) is 11.5 Å². The van der Waals surface area contributed by atoms with E-state index in [0.29, 0.717) is 66.6 Å². The smallest absolute Gasteiger partial charge is 0.372 e. The molecule has 2 saturated carbocycles. The van der Waals surface area contributed by atoms with Crippen molar-refractivity contribution < 1.29 is 17.9 Å². The minimum atomic E-state index is -4.40. The molecule has 9 atom stereocenters. The Morgan fingerprint density at radius 3 is 2.67 bits per heavy atom. The van der Waals surface area contributed by atoms with Crippen molar-refractivity contribution in [3.8, 4) is 0 Å². The number of piperidine rings is 1. The lowest BCUT2D eigenvalue weighted by Gasteiger charge is -2.52. The second-order valence-electron chi connectivity index (χ2n) is 13.3. The largest absolute Gasteiger partial charge is 0.435 e. The summed E-state index contributed by atoms with van der Waals surface area (Å²) >= 11 is 0. The van der Waals surface area contributed by atoms with Crippen LogP contribution in [-0.2, 0) is 23.8 Å². The van der Waals surface area contributed by atoms with E-state index in [1.54, 1.807) is 5.57 Å². The zero-order chi connectivity index (χ0) is 25.4. The number of ether oxygens (including phenoxy) is 1. The fraction of sp³-hybridized carbons (Fsp3) is 0.828. The molecular formula is C29H42F3N3O. The Kier molecular flexibility index (Phi) is 6.14. The Morgan fingerprint density at radius 2 is 1.89 bits per heavy atom. The quantitative estimate of drug-likeness (QED) is 0.406. The average molecular weight is 506 g/mol. The molecule has 1 saturated heterocycles. The lowest BCUT2D eigenvalue weighted by atomic mass is 9.52. The van der Waals surface area contributed by atoms with Crippen molar-refractivity contribution in [1.29, 1.82) is 0 Å². The number of H-pyrrole nitrogens is 1. The fourth-order valence-corrected chi connectivity index (χ4v) is 9.12. The number of halogens is 3. The zero-order valence-electron chi connectivity index (χ0n) is 22.2. The standard InChI is InChI=1S/C29H42F3N3O/c1-15-9-25-26(33-13-15)16(2)5-7-19-20-8-6-18-10-24-22(27(35-34-24)29(30,31)32)12-28(18,4)23(20)11-21(19)17(3)14-36-25/h15-16,18-20,23,25-26,33H,5-14H2,1-4H3,(H,34,35). The van der Waals surface area contributed by atoms with Crippen LogP contribution in [0.25, 0.3) is 0 Å². The first-order chi connectivity index (χ1) is 17.1. The molecule has 3 aliphatic carbocycles. The number of rotatable bonds is 0.